The lowest BCUT2D eigenvalue weighted by Gasteiger charge is -2.27. The van der Waals surface area contributed by atoms with E-state index in [1.54, 1.807) is 18.2 Å². The Morgan fingerprint density at radius 1 is 0.646 bits per heavy atom. The molecule has 0 fully saturated rings. The average molecular weight is 870 g/mol. The van der Waals surface area contributed by atoms with Crippen LogP contribution >= 0.6 is 0 Å². The molecule has 8 aromatic rings. The molecular formula is C61H67N3O. The summed E-state index contributed by atoms with van der Waals surface area (Å²) >= 11 is 0. The smallest absolute Gasteiger partial charge is 0.149 e. The summed E-state index contributed by atoms with van der Waals surface area (Å²) in [4.78, 5) is 9.92. The van der Waals surface area contributed by atoms with Gasteiger partial charge in [-0.1, -0.05) is 169 Å². The number of imidazole rings is 1. The highest BCUT2D eigenvalue weighted by atomic mass is 16.3. The number of phenols is 1. The van der Waals surface area contributed by atoms with E-state index in [2.05, 4.69) is 39.6 Å². The number of pyridine rings is 1. The molecular weight excluding hydrogens is 791 g/mol. The topological polar surface area (TPSA) is 50.9 Å². The van der Waals surface area contributed by atoms with Gasteiger partial charge in [0.05, 0.1) is 38.9 Å². The van der Waals surface area contributed by atoms with Gasteiger partial charge in [-0.25, -0.2) is 4.98 Å². The van der Waals surface area contributed by atoms with Crippen LogP contribution in [0.3, 0.4) is 0 Å². The van der Waals surface area contributed by atoms with Crippen molar-refractivity contribution in [1.82, 2.24) is 14.5 Å². The van der Waals surface area contributed by atoms with Crippen molar-refractivity contribution in [2.24, 2.45) is 0 Å². The summed E-state index contributed by atoms with van der Waals surface area (Å²) in [5.41, 5.74) is 6.64. The fourth-order valence-corrected chi connectivity index (χ4v) is 8.55. The van der Waals surface area contributed by atoms with Crippen LogP contribution in [-0.2, 0) is 16.2 Å². The Balaban J connectivity index is 1.50. The first-order valence-electron chi connectivity index (χ1n) is 28.3. The summed E-state index contributed by atoms with van der Waals surface area (Å²) in [6, 6.07) is 22.4. The summed E-state index contributed by atoms with van der Waals surface area (Å²) in [7, 11) is 0. The van der Waals surface area contributed by atoms with Crippen molar-refractivity contribution in [3.8, 4) is 67.5 Å². The lowest BCUT2D eigenvalue weighted by Crippen LogP contribution is -2.17. The molecule has 0 radical (unpaired) electrons. The number of nitrogens with zero attached hydrogens (tertiary/aromatic N) is 3. The van der Waals surface area contributed by atoms with Crippen molar-refractivity contribution in [2.45, 2.75) is 125 Å². The number of aromatic nitrogens is 3. The fourth-order valence-electron chi connectivity index (χ4n) is 8.55. The summed E-state index contributed by atoms with van der Waals surface area (Å²) < 4.78 is 108. The third kappa shape index (κ3) is 8.80. The lowest BCUT2D eigenvalue weighted by atomic mass is 9.79. The Bertz CT molecular complexity index is 3670. The molecule has 0 aliphatic rings. The summed E-state index contributed by atoms with van der Waals surface area (Å²) in [6.07, 6.45) is -0.554. The first kappa shape index (κ1) is 32.4. The molecule has 2 aromatic heterocycles. The third-order valence-corrected chi connectivity index (χ3v) is 12.2. The van der Waals surface area contributed by atoms with Crippen LogP contribution in [0.15, 0.2) is 133 Å². The zero-order chi connectivity index (χ0) is 57.1. The Hall–Kier alpha value is -6.26. The van der Waals surface area contributed by atoms with E-state index in [0.29, 0.717) is 50.1 Å². The number of fused-ring (bicyclic) bond motifs is 1. The highest BCUT2D eigenvalue weighted by molar-refractivity contribution is 5.97. The van der Waals surface area contributed by atoms with Crippen molar-refractivity contribution in [1.29, 1.82) is 0 Å². The second kappa shape index (κ2) is 16.9. The maximum atomic E-state index is 12.6. The number of aromatic hydroxyl groups is 1. The van der Waals surface area contributed by atoms with E-state index in [1.165, 1.54) is 0 Å². The van der Waals surface area contributed by atoms with Crippen LogP contribution in [0.1, 0.15) is 152 Å². The lowest BCUT2D eigenvalue weighted by molar-refractivity contribution is 0.446. The third-order valence-electron chi connectivity index (χ3n) is 12.2. The normalized spacial score (nSPS) is 15.5. The van der Waals surface area contributed by atoms with Gasteiger partial charge in [0.15, 0.2) is 0 Å². The van der Waals surface area contributed by atoms with Gasteiger partial charge in [0, 0.05) is 28.3 Å². The second-order valence-electron chi connectivity index (χ2n) is 20.8. The van der Waals surface area contributed by atoms with Crippen LogP contribution in [0, 0.1) is 6.85 Å². The van der Waals surface area contributed by atoms with Crippen molar-refractivity contribution < 1.29 is 21.6 Å². The molecule has 4 nitrogen and oxygen atoms in total. The zero-order valence-corrected chi connectivity index (χ0v) is 39.9. The van der Waals surface area contributed by atoms with Gasteiger partial charge in [0.1, 0.15) is 11.6 Å². The van der Waals surface area contributed by atoms with Gasteiger partial charge in [0.25, 0.3) is 0 Å². The molecule has 1 N–H and O–H groups in total. The van der Waals surface area contributed by atoms with E-state index in [1.807, 2.05) is 127 Å². The minimum atomic E-state index is -2.68. The maximum Gasteiger partial charge on any atom is 0.149 e. The summed E-state index contributed by atoms with van der Waals surface area (Å²) in [5, 5.41) is 12.6. The van der Waals surface area contributed by atoms with Gasteiger partial charge in [-0.15, -0.1) is 0 Å². The standard InChI is InChI=1S/C61H67N3O/c1-37(2)47-22-18-23-48(38(3)4)55(47)42-26-27-53(39(5)30-42)64-54-25-19-24-49(56(54)63-58(64)50-35-46(60(9,10)11)36-51(57(50)65)61(12,13)14)43-31-44(33-45(32-43)59(6,7)8)52-34-41(28-29-62-52)40-20-16-15-17-21-40/h15-38,65H,1-14H3/i5D3,15D,16D,17D,20D,21D,28D,29D,34D,37D. The van der Waals surface area contributed by atoms with E-state index in [-0.39, 0.29) is 39.9 Å². The number of benzene rings is 6. The molecule has 0 aliphatic heterocycles. The number of hydrogen-bond donors (Lipinski definition) is 1. The highest BCUT2D eigenvalue weighted by Gasteiger charge is 2.29. The van der Waals surface area contributed by atoms with E-state index >= 15 is 0 Å². The van der Waals surface area contributed by atoms with Gasteiger partial charge in [-0.3, -0.25) is 9.55 Å². The van der Waals surface area contributed by atoms with E-state index in [4.69, 9.17) is 14.6 Å². The zero-order valence-electron chi connectivity index (χ0n) is 51.9. The molecule has 0 spiro atoms. The van der Waals surface area contributed by atoms with E-state index in [0.717, 1.165) is 27.8 Å². The molecule has 0 aliphatic carbocycles. The van der Waals surface area contributed by atoms with Crippen LogP contribution in [0.4, 0.5) is 0 Å². The van der Waals surface area contributed by atoms with Crippen molar-refractivity contribution >= 4 is 11.0 Å². The molecule has 6 aromatic carbocycles. The predicted molar refractivity (Wildman–Crippen MR) is 277 cm³/mol. The molecule has 0 atom stereocenters. The van der Waals surface area contributed by atoms with Gasteiger partial charge in [0.2, 0.25) is 0 Å². The second-order valence-corrected chi connectivity index (χ2v) is 20.8. The van der Waals surface area contributed by atoms with Crippen LogP contribution in [0.5, 0.6) is 5.75 Å². The van der Waals surface area contributed by atoms with Gasteiger partial charge in [-0.05, 0) is 139 Å². The molecule has 2 heterocycles. The van der Waals surface area contributed by atoms with E-state index in [9.17, 15) is 12.0 Å². The number of phenolic OH excluding ortho intramolecular Hbond substituents is 1. The highest BCUT2D eigenvalue weighted by Crippen LogP contribution is 2.46. The Morgan fingerprint density at radius 2 is 1.32 bits per heavy atom. The minimum Gasteiger partial charge on any atom is -0.507 e. The predicted octanol–water partition coefficient (Wildman–Crippen LogP) is 16.9. The average Bonchev–Trinajstić information content (AvgIpc) is 3.82. The van der Waals surface area contributed by atoms with Crippen molar-refractivity contribution in [2.75, 3.05) is 0 Å². The Labute approximate surface area is 405 Å². The molecule has 8 rings (SSSR count). The number of aryl methyl sites for hydroxylation is 1. The van der Waals surface area contributed by atoms with Crippen LogP contribution in [0.25, 0.3) is 72.7 Å². The molecule has 4 heteroatoms. The first-order valence-corrected chi connectivity index (χ1v) is 22.3. The summed E-state index contributed by atoms with van der Waals surface area (Å²) in [6.45, 7) is 23.5. The molecule has 0 saturated carbocycles. The quantitative estimate of drug-likeness (QED) is 0.165. The van der Waals surface area contributed by atoms with Crippen LogP contribution < -0.4 is 0 Å². The minimum absolute atomic E-state index is 0.00568. The first-order chi connectivity index (χ1) is 35.4. The summed E-state index contributed by atoms with van der Waals surface area (Å²) in [5.74, 6) is -0.690. The van der Waals surface area contributed by atoms with E-state index < -0.39 is 77.5 Å². The fraction of sp³-hybridized carbons (Fsp3) is 0.311. The maximum absolute atomic E-state index is 12.6. The molecule has 0 amide bonds. The van der Waals surface area contributed by atoms with Crippen molar-refractivity contribution in [3.63, 3.8) is 0 Å². The van der Waals surface area contributed by atoms with Crippen molar-refractivity contribution in [3.05, 3.63) is 167 Å². The monoisotopic (exact) mass is 870 g/mol. The molecule has 0 unspecified atom stereocenters. The molecule has 332 valence electrons. The number of para-hydroxylation sites is 1. The Morgan fingerprint density at radius 3 is 1.98 bits per heavy atom. The molecule has 0 bridgehead atoms. The Kier molecular flexibility index (Phi) is 8.45. The number of rotatable bonds is 8. The van der Waals surface area contributed by atoms with Gasteiger partial charge >= 0.3 is 0 Å². The SMILES string of the molecule is [2H]c1nc(-c2cc(-c3cccc4c3nc(-c3cc(C(C)(C)C)cc(C(C)(C)C)c3O)n4-c3ccc(-c4c(C(C)C)cccc4C([2H])(C)C)cc3C([2H])([2H])[2H])cc(C(C)(C)C)c2)c([2H])c(-c2c([2H])c([2H])c([2H])c([2H])c2[2H])c1[2H]. The van der Waals surface area contributed by atoms with Crippen LogP contribution in [-0.4, -0.2) is 19.6 Å². The molecule has 65 heavy (non-hydrogen) atoms. The largest absolute Gasteiger partial charge is 0.507 e. The number of hydrogen-bond acceptors (Lipinski definition) is 3. The van der Waals surface area contributed by atoms with Gasteiger partial charge in [-0.2, -0.15) is 0 Å². The van der Waals surface area contributed by atoms with Crippen LogP contribution in [0.2, 0.25) is 0 Å². The van der Waals surface area contributed by atoms with Gasteiger partial charge < -0.3 is 5.11 Å². The molecule has 0 saturated heterocycles.